The zero-order chi connectivity index (χ0) is 13.1. The molecule has 96 valence electrons. The van der Waals surface area contributed by atoms with Crippen molar-refractivity contribution in [2.24, 2.45) is 7.05 Å². The van der Waals surface area contributed by atoms with Gasteiger partial charge in [-0.15, -0.1) is 10.2 Å². The monoisotopic (exact) mass is 309 g/mol. The molecule has 1 aromatic carbocycles. The van der Waals surface area contributed by atoms with E-state index in [4.69, 9.17) is 0 Å². The molecular weight excluding hydrogens is 294 g/mol. The van der Waals surface area contributed by atoms with Crippen LogP contribution in [-0.4, -0.2) is 27.3 Å². The molecule has 0 spiro atoms. The predicted octanol–water partition coefficient (Wildman–Crippen LogP) is 1.78. The van der Waals surface area contributed by atoms with Crippen molar-refractivity contribution >= 4 is 15.9 Å². The van der Waals surface area contributed by atoms with Gasteiger partial charge in [-0.3, -0.25) is 0 Å². The van der Waals surface area contributed by atoms with Gasteiger partial charge in [-0.05, 0) is 30.3 Å². The van der Waals surface area contributed by atoms with Crippen LogP contribution in [0.2, 0.25) is 0 Å². The fraction of sp³-hybridized carbons (Fsp3) is 0.417. The highest BCUT2D eigenvalue weighted by molar-refractivity contribution is 9.10. The lowest BCUT2D eigenvalue weighted by molar-refractivity contribution is 0.568. The molecule has 0 fully saturated rings. The van der Waals surface area contributed by atoms with E-state index >= 15 is 0 Å². The summed E-state index contributed by atoms with van der Waals surface area (Å²) in [5, 5.41) is 15.4. The average molecular weight is 310 g/mol. The first-order chi connectivity index (χ1) is 8.61. The third kappa shape index (κ3) is 2.76. The third-order valence-corrected chi connectivity index (χ3v) is 3.97. The highest BCUT2D eigenvalue weighted by Crippen LogP contribution is 2.27. The molecule has 0 aliphatic rings. The van der Waals surface area contributed by atoms with Gasteiger partial charge in [-0.1, -0.05) is 34.1 Å². The van der Waals surface area contributed by atoms with Crippen molar-refractivity contribution in [2.75, 3.05) is 7.05 Å². The molecule has 6 heteroatoms. The number of nitrogens with zero attached hydrogens (tertiary/aromatic N) is 4. The summed E-state index contributed by atoms with van der Waals surface area (Å²) in [4.78, 5) is 1.48. The van der Waals surface area contributed by atoms with Gasteiger partial charge in [0.25, 0.3) is 0 Å². The molecule has 0 amide bonds. The van der Waals surface area contributed by atoms with Crippen LogP contribution in [-0.2, 0) is 13.5 Å². The molecule has 5 nitrogen and oxygen atoms in total. The Morgan fingerprint density at radius 3 is 2.83 bits per heavy atom. The van der Waals surface area contributed by atoms with Gasteiger partial charge in [-0.25, -0.2) is 0 Å². The highest BCUT2D eigenvalue weighted by atomic mass is 79.9. The van der Waals surface area contributed by atoms with Crippen molar-refractivity contribution in [2.45, 2.75) is 19.4 Å². The molecule has 0 bridgehead atoms. The molecule has 0 saturated carbocycles. The third-order valence-electron chi connectivity index (χ3n) is 2.88. The van der Waals surface area contributed by atoms with E-state index < -0.39 is 0 Å². The van der Waals surface area contributed by atoms with E-state index in [-0.39, 0.29) is 6.04 Å². The van der Waals surface area contributed by atoms with Crippen LogP contribution in [0.25, 0.3) is 0 Å². The minimum absolute atomic E-state index is 0.170. The molecule has 1 atom stereocenters. The zero-order valence-corrected chi connectivity index (χ0v) is 12.3. The van der Waals surface area contributed by atoms with Gasteiger partial charge < -0.3 is 5.32 Å². The van der Waals surface area contributed by atoms with Gasteiger partial charge in [0.15, 0.2) is 5.82 Å². The molecule has 0 saturated heterocycles. The maximum absolute atomic E-state index is 4.22. The maximum Gasteiger partial charge on any atom is 0.176 e. The lowest BCUT2D eigenvalue weighted by Gasteiger charge is -2.17. The maximum atomic E-state index is 4.22. The molecule has 1 N–H and O–H groups in total. The highest BCUT2D eigenvalue weighted by Gasteiger charge is 2.16. The number of hydrogen-bond donors (Lipinski definition) is 1. The van der Waals surface area contributed by atoms with E-state index in [1.807, 2.05) is 7.05 Å². The van der Waals surface area contributed by atoms with Crippen LogP contribution in [0.5, 0.6) is 0 Å². The van der Waals surface area contributed by atoms with E-state index in [0.29, 0.717) is 6.42 Å². The fourth-order valence-corrected chi connectivity index (χ4v) is 2.44. The Labute approximate surface area is 115 Å². The van der Waals surface area contributed by atoms with E-state index in [2.05, 4.69) is 61.8 Å². The number of rotatable bonds is 4. The van der Waals surface area contributed by atoms with Gasteiger partial charge in [0, 0.05) is 16.9 Å². The molecule has 1 aromatic heterocycles. The van der Waals surface area contributed by atoms with Gasteiger partial charge in [-0.2, -0.15) is 4.80 Å². The topological polar surface area (TPSA) is 55.6 Å². The van der Waals surface area contributed by atoms with E-state index in [1.165, 1.54) is 15.9 Å². The van der Waals surface area contributed by atoms with Gasteiger partial charge in [0.2, 0.25) is 0 Å². The summed E-state index contributed by atoms with van der Waals surface area (Å²) in [5.74, 6) is 0.741. The molecule has 0 radical (unpaired) electrons. The minimum atomic E-state index is 0.170. The Morgan fingerprint density at radius 1 is 1.44 bits per heavy atom. The van der Waals surface area contributed by atoms with Crippen molar-refractivity contribution in [1.29, 1.82) is 0 Å². The van der Waals surface area contributed by atoms with Crippen molar-refractivity contribution < 1.29 is 0 Å². The molecule has 0 aliphatic heterocycles. The van der Waals surface area contributed by atoms with Gasteiger partial charge >= 0.3 is 0 Å². The van der Waals surface area contributed by atoms with Crippen molar-refractivity contribution in [3.05, 3.63) is 39.6 Å². The number of aryl methyl sites for hydroxylation is 2. The lowest BCUT2D eigenvalue weighted by Crippen LogP contribution is -2.20. The molecule has 1 unspecified atom stereocenters. The average Bonchev–Trinajstić information content (AvgIpc) is 2.76. The second-order valence-corrected chi connectivity index (χ2v) is 5.01. The lowest BCUT2D eigenvalue weighted by atomic mass is 10.0. The number of tetrazole rings is 1. The Morgan fingerprint density at radius 2 is 2.22 bits per heavy atom. The second kappa shape index (κ2) is 5.58. The van der Waals surface area contributed by atoms with Crippen LogP contribution in [0.3, 0.4) is 0 Å². The number of likely N-dealkylation sites (N-methyl/N-ethyl adjacent to an activating group) is 1. The summed E-state index contributed by atoms with van der Waals surface area (Å²) in [7, 11) is 3.71. The first-order valence-electron chi connectivity index (χ1n) is 5.77. The summed E-state index contributed by atoms with van der Waals surface area (Å²) < 4.78 is 1.13. The Balaban J connectivity index is 2.25. The van der Waals surface area contributed by atoms with Crippen LogP contribution >= 0.6 is 15.9 Å². The summed E-state index contributed by atoms with van der Waals surface area (Å²) in [6.45, 7) is 2.08. The quantitative estimate of drug-likeness (QED) is 0.935. The van der Waals surface area contributed by atoms with Crippen molar-refractivity contribution in [3.8, 4) is 0 Å². The molecule has 2 rings (SSSR count). The van der Waals surface area contributed by atoms with Gasteiger partial charge in [0.05, 0.1) is 7.05 Å². The van der Waals surface area contributed by atoms with Crippen LogP contribution in [0.1, 0.15) is 23.0 Å². The Bertz CT molecular complexity index is 537. The first kappa shape index (κ1) is 13.2. The van der Waals surface area contributed by atoms with Gasteiger partial charge in [0.1, 0.15) is 0 Å². The van der Waals surface area contributed by atoms with E-state index in [0.717, 1.165) is 10.3 Å². The number of aromatic nitrogens is 4. The summed E-state index contributed by atoms with van der Waals surface area (Å²) >= 11 is 3.64. The Kier molecular flexibility index (Phi) is 4.08. The molecular formula is C12H16BrN5. The molecule has 2 aromatic rings. The summed E-state index contributed by atoms with van der Waals surface area (Å²) in [5.41, 5.74) is 2.44. The number of nitrogens with one attached hydrogen (secondary N) is 1. The van der Waals surface area contributed by atoms with Crippen molar-refractivity contribution in [1.82, 2.24) is 25.5 Å². The summed E-state index contributed by atoms with van der Waals surface area (Å²) in [6.07, 6.45) is 0.715. The van der Waals surface area contributed by atoms with Crippen LogP contribution < -0.4 is 5.32 Å². The van der Waals surface area contributed by atoms with Crippen molar-refractivity contribution in [3.63, 3.8) is 0 Å². The second-order valence-electron chi connectivity index (χ2n) is 4.22. The smallest absolute Gasteiger partial charge is 0.176 e. The summed E-state index contributed by atoms with van der Waals surface area (Å²) in [6, 6.07) is 6.42. The molecule has 18 heavy (non-hydrogen) atoms. The normalized spacial score (nSPS) is 12.7. The fourth-order valence-electron chi connectivity index (χ4n) is 1.89. The first-order valence-corrected chi connectivity index (χ1v) is 6.56. The number of benzene rings is 1. The molecule has 1 heterocycles. The number of halogens is 1. The van der Waals surface area contributed by atoms with E-state index in [1.54, 1.807) is 7.05 Å². The zero-order valence-electron chi connectivity index (χ0n) is 10.7. The van der Waals surface area contributed by atoms with E-state index in [9.17, 15) is 0 Å². The minimum Gasteiger partial charge on any atom is -0.313 e. The largest absolute Gasteiger partial charge is 0.313 e. The Hall–Kier alpha value is -1.27. The predicted molar refractivity (Wildman–Crippen MR) is 73.2 cm³/mol. The van der Waals surface area contributed by atoms with Crippen LogP contribution in [0, 0.1) is 6.92 Å². The van der Waals surface area contributed by atoms with Crippen LogP contribution in [0.15, 0.2) is 22.7 Å². The van der Waals surface area contributed by atoms with Crippen LogP contribution in [0.4, 0.5) is 0 Å². The SMILES string of the molecule is CNC(Cc1nnn(C)n1)c1cccc(C)c1Br. The molecule has 0 aliphatic carbocycles. The number of hydrogen-bond acceptors (Lipinski definition) is 4. The standard InChI is InChI=1S/C12H16BrN5/c1-8-5-4-6-9(12(8)13)10(14-2)7-11-15-17-18(3)16-11/h4-6,10,14H,7H2,1-3H3.